The van der Waals surface area contributed by atoms with E-state index in [1.807, 2.05) is 6.20 Å². The molecule has 0 bridgehead atoms. The van der Waals surface area contributed by atoms with Crippen LogP contribution in [0.4, 0.5) is 0 Å². The lowest BCUT2D eigenvalue weighted by Gasteiger charge is -2.17. The van der Waals surface area contributed by atoms with Gasteiger partial charge in [0.25, 0.3) is 0 Å². The van der Waals surface area contributed by atoms with E-state index in [-0.39, 0.29) is 0 Å². The largest absolute Gasteiger partial charge is 0.310 e. The van der Waals surface area contributed by atoms with Crippen molar-refractivity contribution in [3.05, 3.63) is 48.4 Å². The first-order valence-electron chi connectivity index (χ1n) is 6.26. The number of nitrogens with one attached hydrogen (secondary N) is 1. The molecular formula is C14H16BrIN2S. The smallest absolute Gasteiger partial charge is 0.0656 e. The van der Waals surface area contributed by atoms with Gasteiger partial charge in [-0.25, -0.2) is 0 Å². The molecule has 2 nitrogen and oxygen atoms in total. The molecule has 0 amide bonds. The van der Waals surface area contributed by atoms with Crippen LogP contribution < -0.4 is 5.32 Å². The highest BCUT2D eigenvalue weighted by Crippen LogP contribution is 2.25. The molecule has 2 aromatic heterocycles. The van der Waals surface area contributed by atoms with Crippen molar-refractivity contribution >= 4 is 49.9 Å². The average molecular weight is 451 g/mol. The van der Waals surface area contributed by atoms with Crippen LogP contribution in [0.5, 0.6) is 0 Å². The summed E-state index contributed by atoms with van der Waals surface area (Å²) in [6, 6.07) is 6.75. The van der Waals surface area contributed by atoms with Crippen LogP contribution in [0.15, 0.2) is 34.2 Å². The summed E-state index contributed by atoms with van der Waals surface area (Å²) in [5, 5.41) is 5.86. The van der Waals surface area contributed by atoms with Gasteiger partial charge in [0, 0.05) is 28.8 Å². The Hall–Kier alpha value is 0.0200. The van der Waals surface area contributed by atoms with Gasteiger partial charge in [0.1, 0.15) is 0 Å². The molecule has 0 spiro atoms. The van der Waals surface area contributed by atoms with E-state index in [0.717, 1.165) is 29.6 Å². The Labute approximate surface area is 140 Å². The Morgan fingerprint density at radius 1 is 1.47 bits per heavy atom. The van der Waals surface area contributed by atoms with Crippen LogP contribution in [0.1, 0.15) is 30.6 Å². The summed E-state index contributed by atoms with van der Waals surface area (Å²) >= 11 is 7.60. The fourth-order valence-electron chi connectivity index (χ4n) is 1.87. The lowest BCUT2D eigenvalue weighted by atomic mass is 10.0. The summed E-state index contributed by atoms with van der Waals surface area (Å²) in [5.41, 5.74) is 2.49. The van der Waals surface area contributed by atoms with E-state index in [4.69, 9.17) is 0 Å². The number of halogens is 2. The third kappa shape index (κ3) is 4.81. The van der Waals surface area contributed by atoms with Gasteiger partial charge in [-0.15, -0.1) is 11.3 Å². The lowest BCUT2D eigenvalue weighted by molar-refractivity contribution is 0.525. The first kappa shape index (κ1) is 15.4. The first-order valence-corrected chi connectivity index (χ1v) is 9.02. The van der Waals surface area contributed by atoms with Gasteiger partial charge in [0.05, 0.1) is 2.88 Å². The summed E-state index contributed by atoms with van der Waals surface area (Å²) in [4.78, 5) is 4.47. The second-order valence-corrected chi connectivity index (χ2v) is 8.08. The van der Waals surface area contributed by atoms with Crippen molar-refractivity contribution in [2.75, 3.05) is 6.54 Å². The van der Waals surface area contributed by atoms with Crippen molar-refractivity contribution in [1.82, 2.24) is 10.3 Å². The molecule has 0 saturated heterocycles. The number of nitrogens with zero attached hydrogens (tertiary/aromatic N) is 1. The maximum Gasteiger partial charge on any atom is 0.0656 e. The van der Waals surface area contributed by atoms with Crippen LogP contribution in [0.25, 0.3) is 0 Å². The molecule has 0 aliphatic rings. The minimum Gasteiger partial charge on any atom is -0.310 e. The quantitative estimate of drug-likeness (QED) is 0.639. The van der Waals surface area contributed by atoms with E-state index in [1.165, 1.54) is 8.45 Å². The molecule has 1 atom stereocenters. The number of hydrogen-bond acceptors (Lipinski definition) is 3. The highest BCUT2D eigenvalue weighted by atomic mass is 127. The van der Waals surface area contributed by atoms with Crippen LogP contribution >= 0.6 is 49.9 Å². The van der Waals surface area contributed by atoms with Gasteiger partial charge in [-0.3, -0.25) is 4.98 Å². The minimum atomic E-state index is 0.355. The van der Waals surface area contributed by atoms with Crippen LogP contribution in [0.2, 0.25) is 0 Å². The van der Waals surface area contributed by atoms with E-state index in [9.17, 15) is 0 Å². The zero-order valence-corrected chi connectivity index (χ0v) is 15.3. The normalized spacial score (nSPS) is 12.6. The zero-order valence-electron chi connectivity index (χ0n) is 10.7. The topological polar surface area (TPSA) is 24.9 Å². The number of thiophene rings is 1. The molecule has 2 rings (SSSR count). The molecule has 2 heterocycles. The molecule has 19 heavy (non-hydrogen) atoms. The summed E-state index contributed by atoms with van der Waals surface area (Å²) < 4.78 is 2.36. The fourth-order valence-corrected chi connectivity index (χ4v) is 3.53. The van der Waals surface area contributed by atoms with Gasteiger partial charge >= 0.3 is 0 Å². The second-order valence-electron chi connectivity index (χ2n) is 4.36. The van der Waals surface area contributed by atoms with E-state index in [1.54, 1.807) is 11.3 Å². The van der Waals surface area contributed by atoms with Crippen LogP contribution in [0.3, 0.4) is 0 Å². The van der Waals surface area contributed by atoms with Crippen molar-refractivity contribution in [3.63, 3.8) is 0 Å². The van der Waals surface area contributed by atoms with Crippen molar-refractivity contribution in [1.29, 1.82) is 0 Å². The molecule has 0 aliphatic carbocycles. The van der Waals surface area contributed by atoms with Crippen LogP contribution in [-0.2, 0) is 6.42 Å². The van der Waals surface area contributed by atoms with Crippen LogP contribution in [-0.4, -0.2) is 11.5 Å². The van der Waals surface area contributed by atoms with Gasteiger partial charge < -0.3 is 5.32 Å². The summed E-state index contributed by atoms with van der Waals surface area (Å²) in [7, 11) is 0. The Morgan fingerprint density at radius 3 is 2.89 bits per heavy atom. The van der Waals surface area contributed by atoms with Crippen molar-refractivity contribution in [2.24, 2.45) is 0 Å². The number of pyridine rings is 1. The molecule has 0 fully saturated rings. The lowest BCUT2D eigenvalue weighted by Crippen LogP contribution is -2.24. The molecule has 0 radical (unpaired) electrons. The zero-order chi connectivity index (χ0) is 13.7. The van der Waals surface area contributed by atoms with E-state index in [2.05, 4.69) is 79.3 Å². The minimum absolute atomic E-state index is 0.355. The Morgan fingerprint density at radius 2 is 2.32 bits per heavy atom. The maximum absolute atomic E-state index is 4.47. The van der Waals surface area contributed by atoms with Crippen molar-refractivity contribution < 1.29 is 0 Å². The summed E-state index contributed by atoms with van der Waals surface area (Å²) in [6.07, 6.45) is 3.94. The average Bonchev–Trinajstić information content (AvgIpc) is 2.83. The number of aromatic nitrogens is 1. The van der Waals surface area contributed by atoms with Crippen molar-refractivity contribution in [2.45, 2.75) is 25.8 Å². The highest BCUT2D eigenvalue weighted by molar-refractivity contribution is 14.1. The Kier molecular flexibility index (Phi) is 6.25. The second kappa shape index (κ2) is 7.71. The predicted molar refractivity (Wildman–Crippen MR) is 93.7 cm³/mol. The molecule has 102 valence electrons. The third-order valence-electron chi connectivity index (χ3n) is 2.83. The molecule has 5 heteroatoms. The van der Waals surface area contributed by atoms with Gasteiger partial charge in [0.15, 0.2) is 0 Å². The SMILES string of the molecule is CCCNC(Cc1ccc(Br)cn1)c1csc(I)c1. The predicted octanol–water partition coefficient (Wildman–Crippen LogP) is 4.79. The molecule has 2 aromatic rings. The first-order chi connectivity index (χ1) is 9.19. The molecule has 0 aliphatic heterocycles. The molecule has 0 saturated carbocycles. The fraction of sp³-hybridized carbons (Fsp3) is 0.357. The Balaban J connectivity index is 2.11. The van der Waals surface area contributed by atoms with Crippen molar-refractivity contribution in [3.8, 4) is 0 Å². The van der Waals surface area contributed by atoms with Gasteiger partial charge in [-0.1, -0.05) is 6.92 Å². The molecule has 0 aromatic carbocycles. The summed E-state index contributed by atoms with van der Waals surface area (Å²) in [5.74, 6) is 0. The maximum atomic E-state index is 4.47. The number of hydrogen-bond donors (Lipinski definition) is 1. The third-order valence-corrected chi connectivity index (χ3v) is 5.11. The van der Waals surface area contributed by atoms with Crippen LogP contribution in [0, 0.1) is 2.88 Å². The van der Waals surface area contributed by atoms with Gasteiger partial charge in [0.2, 0.25) is 0 Å². The van der Waals surface area contributed by atoms with E-state index in [0.29, 0.717) is 6.04 Å². The number of rotatable bonds is 6. The van der Waals surface area contributed by atoms with E-state index >= 15 is 0 Å². The molecular weight excluding hydrogens is 435 g/mol. The van der Waals surface area contributed by atoms with Gasteiger partial charge in [-0.2, -0.15) is 0 Å². The standard InChI is InChI=1S/C14H16BrIN2S/c1-2-5-17-13(10-6-14(16)19-9-10)7-12-4-3-11(15)8-18-12/h3-4,6,8-9,13,17H,2,5,7H2,1H3. The molecule has 1 unspecified atom stereocenters. The monoisotopic (exact) mass is 450 g/mol. The Bertz CT molecular complexity index is 512. The summed E-state index contributed by atoms with van der Waals surface area (Å²) in [6.45, 7) is 3.23. The van der Waals surface area contributed by atoms with E-state index < -0.39 is 0 Å². The van der Waals surface area contributed by atoms with Gasteiger partial charge in [-0.05, 0) is 80.6 Å². The molecule has 1 N–H and O–H groups in total. The highest BCUT2D eigenvalue weighted by Gasteiger charge is 2.13.